The average Bonchev–Trinajstić information content (AvgIpc) is 2.68. The Balaban J connectivity index is 2.21. The van der Waals surface area contributed by atoms with Crippen molar-refractivity contribution in [3.05, 3.63) is 0 Å². The zero-order chi connectivity index (χ0) is 15.6. The third-order valence-corrected chi connectivity index (χ3v) is 4.24. The third-order valence-electron chi connectivity index (χ3n) is 4.24. The molecule has 2 aliphatic rings. The predicted octanol–water partition coefficient (Wildman–Crippen LogP) is 1.90. The zero-order valence-corrected chi connectivity index (χ0v) is 10.4. The van der Waals surface area contributed by atoms with Gasteiger partial charge in [-0.3, -0.25) is 9.59 Å². The Bertz CT molecular complexity index is 477. The zero-order valence-electron chi connectivity index (χ0n) is 10.4. The lowest BCUT2D eigenvalue weighted by Gasteiger charge is -2.28. The van der Waals surface area contributed by atoms with Crippen LogP contribution in [0, 0.1) is 10.8 Å². The first-order chi connectivity index (χ1) is 8.87. The summed E-state index contributed by atoms with van der Waals surface area (Å²) in [5.41, 5.74) is -5.07. The van der Waals surface area contributed by atoms with Gasteiger partial charge >= 0.3 is 12.1 Å². The van der Waals surface area contributed by atoms with E-state index in [1.165, 1.54) is 0 Å². The first-order valence-electron chi connectivity index (χ1n) is 5.85. The number of halogens is 5. The monoisotopic (exact) mass is 301 g/mol. The van der Waals surface area contributed by atoms with Crippen LogP contribution < -0.4 is 0 Å². The number of carboxylic acid groups (broad SMARTS) is 1. The van der Waals surface area contributed by atoms with E-state index >= 15 is 0 Å². The summed E-state index contributed by atoms with van der Waals surface area (Å²) in [6.45, 7) is -0.629. The minimum Gasteiger partial charge on any atom is -0.481 e. The summed E-state index contributed by atoms with van der Waals surface area (Å²) in [4.78, 5) is 23.4. The second-order valence-corrected chi connectivity index (χ2v) is 5.58. The van der Waals surface area contributed by atoms with Crippen LogP contribution in [0.1, 0.15) is 19.8 Å². The van der Waals surface area contributed by atoms with Gasteiger partial charge in [-0.2, -0.15) is 13.2 Å². The number of nitrogens with zero attached hydrogens (tertiary/aromatic N) is 1. The number of carbonyl (C=O) groups is 2. The van der Waals surface area contributed by atoms with Crippen molar-refractivity contribution in [2.24, 2.45) is 10.8 Å². The molecule has 0 bridgehead atoms. The second kappa shape index (κ2) is 3.82. The summed E-state index contributed by atoms with van der Waals surface area (Å²) < 4.78 is 64.9. The lowest BCUT2D eigenvalue weighted by atomic mass is 9.86. The number of rotatable bonds is 2. The first kappa shape index (κ1) is 15.0. The number of hydrogen-bond donors (Lipinski definition) is 1. The van der Waals surface area contributed by atoms with E-state index in [2.05, 4.69) is 0 Å². The molecule has 1 saturated carbocycles. The molecule has 1 aliphatic carbocycles. The van der Waals surface area contributed by atoms with Gasteiger partial charge in [-0.25, -0.2) is 8.78 Å². The molecule has 0 aromatic heterocycles. The van der Waals surface area contributed by atoms with Gasteiger partial charge in [0.2, 0.25) is 5.91 Å². The smallest absolute Gasteiger partial charge is 0.406 e. The quantitative estimate of drug-likeness (QED) is 0.793. The summed E-state index contributed by atoms with van der Waals surface area (Å²) in [5, 5.41) is 8.81. The van der Waals surface area contributed by atoms with Gasteiger partial charge in [0.05, 0.1) is 0 Å². The van der Waals surface area contributed by atoms with Crippen molar-refractivity contribution in [2.75, 3.05) is 13.1 Å². The SMILES string of the molecule is CC1(C(=O)N2CCC(C(=O)O)(C(F)(F)F)C2)CC1(F)F. The Kier molecular flexibility index (Phi) is 2.86. The van der Waals surface area contributed by atoms with Gasteiger partial charge in [-0.05, 0) is 13.3 Å². The van der Waals surface area contributed by atoms with Crippen molar-refractivity contribution in [1.82, 2.24) is 4.90 Å². The molecule has 4 nitrogen and oxygen atoms in total. The summed E-state index contributed by atoms with van der Waals surface area (Å²) in [6.07, 6.45) is -6.58. The Morgan fingerprint density at radius 3 is 2.05 bits per heavy atom. The molecular weight excluding hydrogens is 289 g/mol. The van der Waals surface area contributed by atoms with Crippen molar-refractivity contribution < 1.29 is 36.6 Å². The lowest BCUT2D eigenvalue weighted by molar-refractivity contribution is -0.227. The number of hydrogen-bond acceptors (Lipinski definition) is 2. The first-order valence-corrected chi connectivity index (χ1v) is 5.85. The maximum atomic E-state index is 13.1. The van der Waals surface area contributed by atoms with E-state index in [0.29, 0.717) is 4.90 Å². The summed E-state index contributed by atoms with van der Waals surface area (Å²) in [6, 6.07) is 0. The third kappa shape index (κ3) is 1.78. The molecule has 20 heavy (non-hydrogen) atoms. The fourth-order valence-electron chi connectivity index (χ4n) is 2.49. The molecule has 0 aromatic rings. The van der Waals surface area contributed by atoms with Gasteiger partial charge in [0.25, 0.3) is 5.92 Å². The Morgan fingerprint density at radius 2 is 1.75 bits per heavy atom. The van der Waals surface area contributed by atoms with E-state index in [1.807, 2.05) is 0 Å². The highest BCUT2D eigenvalue weighted by molar-refractivity contribution is 5.88. The molecule has 1 aliphatic heterocycles. The maximum Gasteiger partial charge on any atom is 0.406 e. The molecule has 0 aromatic carbocycles. The van der Waals surface area contributed by atoms with Gasteiger partial charge < -0.3 is 10.0 Å². The van der Waals surface area contributed by atoms with Crippen LogP contribution in [0.25, 0.3) is 0 Å². The van der Waals surface area contributed by atoms with Gasteiger partial charge in [0.15, 0.2) is 5.41 Å². The van der Waals surface area contributed by atoms with E-state index in [0.717, 1.165) is 6.92 Å². The van der Waals surface area contributed by atoms with Crippen LogP contribution in [0.2, 0.25) is 0 Å². The highest BCUT2D eigenvalue weighted by Crippen LogP contribution is 2.61. The van der Waals surface area contributed by atoms with Gasteiger partial charge in [-0.1, -0.05) is 0 Å². The number of carbonyl (C=O) groups excluding carboxylic acids is 1. The Labute approximate surface area is 110 Å². The largest absolute Gasteiger partial charge is 0.481 e. The number of likely N-dealkylation sites (tertiary alicyclic amines) is 1. The topological polar surface area (TPSA) is 57.6 Å². The number of carboxylic acids is 1. The molecule has 0 spiro atoms. The van der Waals surface area contributed by atoms with Crippen LogP contribution in [-0.2, 0) is 9.59 Å². The summed E-state index contributed by atoms with van der Waals surface area (Å²) in [7, 11) is 0. The Hall–Kier alpha value is -1.41. The molecule has 2 unspecified atom stereocenters. The number of aliphatic carboxylic acids is 1. The van der Waals surface area contributed by atoms with Crippen molar-refractivity contribution in [1.29, 1.82) is 0 Å². The van der Waals surface area contributed by atoms with Crippen LogP contribution in [0.5, 0.6) is 0 Å². The van der Waals surface area contributed by atoms with Crippen LogP contribution in [-0.4, -0.2) is 47.1 Å². The van der Waals surface area contributed by atoms with Gasteiger partial charge in [0.1, 0.15) is 5.41 Å². The van der Waals surface area contributed by atoms with Crippen molar-refractivity contribution in [3.8, 4) is 0 Å². The van der Waals surface area contributed by atoms with E-state index in [-0.39, 0.29) is 0 Å². The molecule has 1 amide bonds. The summed E-state index contributed by atoms with van der Waals surface area (Å²) in [5.74, 6) is -6.44. The fraction of sp³-hybridized carbons (Fsp3) is 0.818. The molecule has 114 valence electrons. The van der Waals surface area contributed by atoms with Crippen LogP contribution in [0.3, 0.4) is 0 Å². The molecule has 2 rings (SSSR count). The fourth-order valence-corrected chi connectivity index (χ4v) is 2.49. The van der Waals surface area contributed by atoms with Crippen molar-refractivity contribution in [2.45, 2.75) is 31.9 Å². The van der Waals surface area contributed by atoms with Crippen LogP contribution in [0.4, 0.5) is 22.0 Å². The van der Waals surface area contributed by atoms with Crippen LogP contribution in [0.15, 0.2) is 0 Å². The molecule has 2 fully saturated rings. The summed E-state index contributed by atoms with van der Waals surface area (Å²) >= 11 is 0. The molecule has 1 heterocycles. The minimum atomic E-state index is -5.04. The standard InChI is InChI=1S/C11H12F5NO3/c1-8(4-10(8,12)13)6(18)17-3-2-9(5-17,7(19)20)11(14,15)16/h2-5H2,1H3,(H,19,20). The predicted molar refractivity (Wildman–Crippen MR) is 55.0 cm³/mol. The van der Waals surface area contributed by atoms with Crippen LogP contribution >= 0.6 is 0 Å². The van der Waals surface area contributed by atoms with Crippen molar-refractivity contribution in [3.63, 3.8) is 0 Å². The second-order valence-electron chi connectivity index (χ2n) is 5.58. The van der Waals surface area contributed by atoms with E-state index in [4.69, 9.17) is 5.11 Å². The molecular formula is C11H12F5NO3. The van der Waals surface area contributed by atoms with Gasteiger partial charge in [-0.15, -0.1) is 0 Å². The van der Waals surface area contributed by atoms with E-state index in [9.17, 15) is 31.5 Å². The molecule has 2 atom stereocenters. The Morgan fingerprint density at radius 1 is 1.25 bits per heavy atom. The molecule has 0 radical (unpaired) electrons. The van der Waals surface area contributed by atoms with Gasteiger partial charge in [0, 0.05) is 19.5 Å². The average molecular weight is 301 g/mol. The number of alkyl halides is 5. The number of amides is 1. The minimum absolute atomic E-state index is 0.490. The van der Waals surface area contributed by atoms with E-state index in [1.54, 1.807) is 0 Å². The highest BCUT2D eigenvalue weighted by Gasteiger charge is 2.74. The molecule has 1 saturated heterocycles. The maximum absolute atomic E-state index is 13.1. The van der Waals surface area contributed by atoms with E-state index < -0.39 is 60.7 Å². The lowest BCUT2D eigenvalue weighted by Crippen LogP contribution is -2.48. The highest BCUT2D eigenvalue weighted by atomic mass is 19.4. The normalized spacial score (nSPS) is 36.0. The van der Waals surface area contributed by atoms with Crippen molar-refractivity contribution >= 4 is 11.9 Å². The molecule has 9 heteroatoms. The molecule has 1 N–H and O–H groups in total.